The molecule has 0 aromatic heterocycles. The topological polar surface area (TPSA) is 61.8 Å². The molecular formula is C21H18ClN3O2S. The van der Waals surface area contributed by atoms with E-state index in [1.54, 1.807) is 17.0 Å². The molecule has 1 fully saturated rings. The van der Waals surface area contributed by atoms with Gasteiger partial charge in [-0.25, -0.2) is 4.99 Å². The number of carbonyl (C=O) groups excluding carboxylic acids is 2. The number of hydrogen-bond donors (Lipinski definition) is 1. The van der Waals surface area contributed by atoms with E-state index < -0.39 is 6.04 Å². The van der Waals surface area contributed by atoms with Gasteiger partial charge in [-0.1, -0.05) is 53.7 Å². The normalized spacial score (nSPS) is 18.8. The van der Waals surface area contributed by atoms with Gasteiger partial charge in [0.1, 0.15) is 0 Å². The average Bonchev–Trinajstić information content (AvgIpc) is 3.03. The summed E-state index contributed by atoms with van der Waals surface area (Å²) < 4.78 is 0. The lowest BCUT2D eigenvalue weighted by Crippen LogP contribution is -2.40. The molecule has 142 valence electrons. The van der Waals surface area contributed by atoms with Crippen LogP contribution in [0.15, 0.2) is 64.8 Å². The van der Waals surface area contributed by atoms with Crippen molar-refractivity contribution in [3.05, 3.63) is 76.0 Å². The summed E-state index contributed by atoms with van der Waals surface area (Å²) in [5.74, 6) is -0.000237. The van der Waals surface area contributed by atoms with Crippen molar-refractivity contribution < 1.29 is 9.59 Å². The van der Waals surface area contributed by atoms with Crippen molar-refractivity contribution in [1.29, 1.82) is 0 Å². The highest BCUT2D eigenvalue weighted by Crippen LogP contribution is 2.41. The molecule has 4 rings (SSSR count). The molecule has 2 aromatic rings. The fraction of sp³-hybridized carbons (Fsp3) is 0.190. The molecule has 1 N–H and O–H groups in total. The minimum Gasteiger partial charge on any atom is -0.322 e. The molecule has 0 spiro atoms. The summed E-state index contributed by atoms with van der Waals surface area (Å²) in [7, 11) is 0. The number of rotatable bonds is 3. The zero-order valence-corrected chi connectivity index (χ0v) is 17.0. The van der Waals surface area contributed by atoms with Crippen LogP contribution in [-0.2, 0) is 9.59 Å². The Bertz CT molecular complexity index is 1030. The minimum absolute atomic E-state index is 0.0580. The zero-order valence-electron chi connectivity index (χ0n) is 15.4. The van der Waals surface area contributed by atoms with Crippen LogP contribution in [0.1, 0.15) is 24.1 Å². The summed E-state index contributed by atoms with van der Waals surface area (Å²) in [6, 6.07) is 14.3. The smallest absolute Gasteiger partial charge is 0.255 e. The Morgan fingerprint density at radius 2 is 1.89 bits per heavy atom. The number of allylic oxidation sites excluding steroid dienone is 1. The van der Waals surface area contributed by atoms with Crippen molar-refractivity contribution in [1.82, 2.24) is 4.90 Å². The first-order valence-electron chi connectivity index (χ1n) is 8.82. The maximum atomic E-state index is 13.3. The number of fused-ring (bicyclic) bond motifs is 1. The Morgan fingerprint density at radius 3 is 2.61 bits per heavy atom. The molecule has 0 aliphatic carbocycles. The number of carbonyl (C=O) groups is 2. The van der Waals surface area contributed by atoms with Crippen LogP contribution in [0.25, 0.3) is 0 Å². The molecule has 7 heteroatoms. The highest BCUT2D eigenvalue weighted by atomic mass is 35.5. The fourth-order valence-electron chi connectivity index (χ4n) is 3.40. The average molecular weight is 412 g/mol. The number of halogens is 1. The molecule has 5 nitrogen and oxygen atoms in total. The Labute approximate surface area is 172 Å². The van der Waals surface area contributed by atoms with Gasteiger partial charge in [0, 0.05) is 10.7 Å². The first-order valence-corrected chi connectivity index (χ1v) is 10.2. The predicted octanol–water partition coefficient (Wildman–Crippen LogP) is 4.55. The second kappa shape index (κ2) is 7.45. The van der Waals surface area contributed by atoms with E-state index in [2.05, 4.69) is 10.3 Å². The molecule has 0 saturated carbocycles. The summed E-state index contributed by atoms with van der Waals surface area (Å²) in [4.78, 5) is 32.0. The molecule has 2 aromatic carbocycles. The van der Waals surface area contributed by atoms with Gasteiger partial charge < -0.3 is 5.32 Å². The summed E-state index contributed by atoms with van der Waals surface area (Å²) in [5, 5.41) is 4.21. The number of amides is 2. The number of anilines is 1. The van der Waals surface area contributed by atoms with E-state index >= 15 is 0 Å². The van der Waals surface area contributed by atoms with Gasteiger partial charge in [-0.3, -0.25) is 14.5 Å². The molecule has 28 heavy (non-hydrogen) atoms. The van der Waals surface area contributed by atoms with Crippen molar-refractivity contribution in [2.24, 2.45) is 4.99 Å². The second-order valence-electron chi connectivity index (χ2n) is 6.67. The monoisotopic (exact) mass is 411 g/mol. The van der Waals surface area contributed by atoms with Gasteiger partial charge in [0.2, 0.25) is 5.91 Å². The number of para-hydroxylation sites is 1. The van der Waals surface area contributed by atoms with Gasteiger partial charge in [0.25, 0.3) is 5.91 Å². The van der Waals surface area contributed by atoms with Crippen LogP contribution in [0.4, 0.5) is 5.69 Å². The quantitative estimate of drug-likeness (QED) is 0.806. The van der Waals surface area contributed by atoms with E-state index in [-0.39, 0.29) is 11.8 Å². The Morgan fingerprint density at radius 1 is 1.18 bits per heavy atom. The summed E-state index contributed by atoms with van der Waals surface area (Å²) in [6.45, 7) is 3.74. The molecule has 0 bridgehead atoms. The number of hydrogen-bond acceptors (Lipinski definition) is 4. The van der Waals surface area contributed by atoms with Crippen molar-refractivity contribution >= 4 is 46.0 Å². The lowest BCUT2D eigenvalue weighted by molar-refractivity contribution is -0.125. The lowest BCUT2D eigenvalue weighted by Gasteiger charge is -2.33. The van der Waals surface area contributed by atoms with Crippen molar-refractivity contribution in [2.75, 3.05) is 11.1 Å². The highest BCUT2D eigenvalue weighted by Gasteiger charge is 2.42. The Balaban J connectivity index is 1.78. The molecule has 2 heterocycles. The van der Waals surface area contributed by atoms with Gasteiger partial charge in [-0.2, -0.15) is 0 Å². The number of aliphatic imine (C=N–C) groups is 1. The number of benzene rings is 2. The lowest BCUT2D eigenvalue weighted by atomic mass is 9.93. The van der Waals surface area contributed by atoms with Crippen molar-refractivity contribution in [2.45, 2.75) is 19.9 Å². The fourth-order valence-corrected chi connectivity index (χ4v) is 4.46. The van der Waals surface area contributed by atoms with Gasteiger partial charge in [0.15, 0.2) is 5.17 Å². The molecule has 1 atom stereocenters. The SMILES string of the molecule is CC1=C(C(=O)Nc2ccccc2C)C(c2ccc(Cl)cc2)N2C(=O)CSC2=N1. The van der Waals surface area contributed by atoms with Crippen LogP contribution in [0, 0.1) is 6.92 Å². The van der Waals surface area contributed by atoms with Crippen LogP contribution in [-0.4, -0.2) is 27.6 Å². The molecule has 2 aliphatic rings. The maximum absolute atomic E-state index is 13.3. The standard InChI is InChI=1S/C21H18ClN3O2S/c1-12-5-3-4-6-16(12)24-20(27)18-13(2)23-21-25(17(26)11-28-21)19(18)14-7-9-15(22)10-8-14/h3-10,19H,11H2,1-2H3,(H,24,27). The van der Waals surface area contributed by atoms with Gasteiger partial charge in [-0.05, 0) is 43.2 Å². The van der Waals surface area contributed by atoms with Crippen LogP contribution < -0.4 is 5.32 Å². The maximum Gasteiger partial charge on any atom is 0.255 e. The van der Waals surface area contributed by atoms with Crippen LogP contribution in [0.3, 0.4) is 0 Å². The third kappa shape index (κ3) is 3.34. The molecule has 2 amide bonds. The Kier molecular flexibility index (Phi) is 5.00. The third-order valence-electron chi connectivity index (χ3n) is 4.81. The van der Waals surface area contributed by atoms with E-state index in [1.165, 1.54) is 11.8 Å². The minimum atomic E-state index is -0.531. The molecule has 1 unspecified atom stereocenters. The van der Waals surface area contributed by atoms with E-state index in [1.807, 2.05) is 50.2 Å². The van der Waals surface area contributed by atoms with E-state index in [0.29, 0.717) is 27.2 Å². The predicted molar refractivity (Wildman–Crippen MR) is 113 cm³/mol. The number of aryl methyl sites for hydroxylation is 1. The summed E-state index contributed by atoms with van der Waals surface area (Å²) >= 11 is 7.44. The van der Waals surface area contributed by atoms with Gasteiger partial charge in [0.05, 0.1) is 23.1 Å². The summed E-state index contributed by atoms with van der Waals surface area (Å²) in [6.07, 6.45) is 0. The first-order chi connectivity index (χ1) is 13.5. The van der Waals surface area contributed by atoms with Crippen LogP contribution in [0.2, 0.25) is 5.02 Å². The first kappa shape index (κ1) is 18.8. The third-order valence-corrected chi connectivity index (χ3v) is 6.00. The van der Waals surface area contributed by atoms with Crippen molar-refractivity contribution in [3.8, 4) is 0 Å². The number of thioether (sulfide) groups is 1. The molecule has 1 saturated heterocycles. The zero-order chi connectivity index (χ0) is 19.8. The molecule has 0 radical (unpaired) electrons. The Hall–Kier alpha value is -2.57. The number of amidine groups is 1. The highest BCUT2D eigenvalue weighted by molar-refractivity contribution is 8.15. The van der Waals surface area contributed by atoms with Crippen molar-refractivity contribution in [3.63, 3.8) is 0 Å². The van der Waals surface area contributed by atoms with Gasteiger partial charge in [-0.15, -0.1) is 0 Å². The largest absolute Gasteiger partial charge is 0.322 e. The van der Waals surface area contributed by atoms with E-state index in [9.17, 15) is 9.59 Å². The van der Waals surface area contributed by atoms with Gasteiger partial charge >= 0.3 is 0 Å². The van der Waals surface area contributed by atoms with E-state index in [4.69, 9.17) is 11.6 Å². The second-order valence-corrected chi connectivity index (χ2v) is 8.05. The van der Waals surface area contributed by atoms with E-state index in [0.717, 1.165) is 16.8 Å². The van der Waals surface area contributed by atoms with Crippen LogP contribution >= 0.6 is 23.4 Å². The molecule has 2 aliphatic heterocycles. The molecular weight excluding hydrogens is 394 g/mol. The van der Waals surface area contributed by atoms with Crippen LogP contribution in [0.5, 0.6) is 0 Å². The summed E-state index contributed by atoms with van der Waals surface area (Å²) in [5.41, 5.74) is 3.59. The number of nitrogens with zero attached hydrogens (tertiary/aromatic N) is 2. The number of nitrogens with one attached hydrogen (secondary N) is 1.